The lowest BCUT2D eigenvalue weighted by molar-refractivity contribution is 1.30. The lowest BCUT2D eigenvalue weighted by atomic mass is 9.86. The molecule has 10 rings (SSSR count). The Hall–Kier alpha value is -7.48. The van der Waals surface area contributed by atoms with E-state index in [-0.39, 0.29) is 0 Å². The largest absolute Gasteiger partial charge is 0.309 e. The van der Waals surface area contributed by atoms with Crippen molar-refractivity contribution in [2.75, 3.05) is 4.90 Å². The average Bonchev–Trinajstić information content (AvgIpc) is 3.30. The fraction of sp³-hybridized carbons (Fsp3) is 0. The summed E-state index contributed by atoms with van der Waals surface area (Å²) >= 11 is 0. The highest BCUT2D eigenvalue weighted by Gasteiger charge is 2.22. The number of para-hydroxylation sites is 1. The molecule has 0 N–H and O–H groups in total. The molecule has 0 fully saturated rings. The van der Waals surface area contributed by atoms with E-state index >= 15 is 0 Å². The van der Waals surface area contributed by atoms with E-state index in [1.165, 1.54) is 71.6 Å². The second-order valence-corrected chi connectivity index (χ2v) is 14.5. The molecule has 0 aliphatic rings. The molecule has 0 heterocycles. The Balaban J connectivity index is 1.22. The fourth-order valence-electron chi connectivity index (χ4n) is 8.30. The number of benzene rings is 10. The summed E-state index contributed by atoms with van der Waals surface area (Å²) in [6, 6.07) is 85.8. The first-order valence-corrected chi connectivity index (χ1v) is 19.6. The van der Waals surface area contributed by atoms with Crippen molar-refractivity contribution in [3.63, 3.8) is 0 Å². The summed E-state index contributed by atoms with van der Waals surface area (Å²) in [5.41, 5.74) is 15.2. The average molecular weight is 726 g/mol. The van der Waals surface area contributed by atoms with E-state index in [1.807, 2.05) is 0 Å². The highest BCUT2D eigenvalue weighted by molar-refractivity contribution is 6.03. The molecule has 57 heavy (non-hydrogen) atoms. The Labute approximate surface area is 334 Å². The summed E-state index contributed by atoms with van der Waals surface area (Å²) in [6.45, 7) is 0. The quantitative estimate of drug-likeness (QED) is 0.151. The number of hydrogen-bond acceptors (Lipinski definition) is 1. The molecule has 0 spiro atoms. The molecule has 0 saturated carbocycles. The summed E-state index contributed by atoms with van der Waals surface area (Å²) < 4.78 is 0. The summed E-state index contributed by atoms with van der Waals surface area (Å²) in [4.78, 5) is 2.46. The van der Waals surface area contributed by atoms with Gasteiger partial charge in [-0.2, -0.15) is 0 Å². The highest BCUT2D eigenvalue weighted by Crippen LogP contribution is 2.48. The van der Waals surface area contributed by atoms with Crippen LogP contribution < -0.4 is 4.90 Å². The Morgan fingerprint density at radius 1 is 0.228 bits per heavy atom. The predicted octanol–water partition coefficient (Wildman–Crippen LogP) is 15.8. The molecule has 0 aliphatic heterocycles. The van der Waals surface area contributed by atoms with Crippen LogP contribution in [0.25, 0.3) is 77.2 Å². The van der Waals surface area contributed by atoms with Crippen LogP contribution in [-0.2, 0) is 0 Å². The number of anilines is 3. The molecule has 10 aromatic rings. The number of fused-ring (bicyclic) bond motifs is 2. The van der Waals surface area contributed by atoms with E-state index in [2.05, 4.69) is 241 Å². The maximum Gasteiger partial charge on any atom is 0.0540 e. The van der Waals surface area contributed by atoms with Crippen molar-refractivity contribution in [3.05, 3.63) is 237 Å². The lowest BCUT2D eigenvalue weighted by Gasteiger charge is -2.30. The zero-order valence-corrected chi connectivity index (χ0v) is 31.5. The van der Waals surface area contributed by atoms with Crippen LogP contribution in [0.1, 0.15) is 0 Å². The maximum atomic E-state index is 2.46. The van der Waals surface area contributed by atoms with E-state index in [0.29, 0.717) is 0 Å². The Morgan fingerprint density at radius 2 is 0.754 bits per heavy atom. The molecular formula is C56H39N. The summed E-state index contributed by atoms with van der Waals surface area (Å²) in [6.07, 6.45) is 0. The van der Waals surface area contributed by atoms with Gasteiger partial charge in [0.25, 0.3) is 0 Å². The number of nitrogens with zero attached hydrogens (tertiary/aromatic N) is 1. The molecule has 1 nitrogen and oxygen atoms in total. The van der Waals surface area contributed by atoms with Crippen molar-refractivity contribution in [2.24, 2.45) is 0 Å². The Bertz CT molecular complexity index is 3010. The third kappa shape index (κ3) is 6.56. The van der Waals surface area contributed by atoms with Crippen molar-refractivity contribution in [1.29, 1.82) is 0 Å². The second-order valence-electron chi connectivity index (χ2n) is 14.5. The van der Waals surface area contributed by atoms with Gasteiger partial charge in [0, 0.05) is 16.6 Å². The van der Waals surface area contributed by atoms with Crippen molar-refractivity contribution in [1.82, 2.24) is 0 Å². The zero-order chi connectivity index (χ0) is 38.0. The Morgan fingerprint density at radius 3 is 1.58 bits per heavy atom. The van der Waals surface area contributed by atoms with Crippen molar-refractivity contribution < 1.29 is 0 Å². The molecule has 268 valence electrons. The molecule has 0 bridgehead atoms. The van der Waals surface area contributed by atoms with E-state index < -0.39 is 0 Å². The summed E-state index contributed by atoms with van der Waals surface area (Å²) in [7, 11) is 0. The van der Waals surface area contributed by atoms with Gasteiger partial charge in [-0.1, -0.05) is 200 Å². The summed E-state index contributed by atoms with van der Waals surface area (Å²) in [5, 5.41) is 4.87. The molecule has 0 aromatic heterocycles. The van der Waals surface area contributed by atoms with E-state index in [1.54, 1.807) is 0 Å². The topological polar surface area (TPSA) is 3.24 Å². The first kappa shape index (κ1) is 34.0. The minimum Gasteiger partial charge on any atom is -0.309 e. The highest BCUT2D eigenvalue weighted by atomic mass is 15.1. The number of rotatable bonds is 8. The maximum absolute atomic E-state index is 2.46. The first-order valence-electron chi connectivity index (χ1n) is 19.6. The van der Waals surface area contributed by atoms with Gasteiger partial charge in [-0.25, -0.2) is 0 Å². The van der Waals surface area contributed by atoms with Crippen LogP contribution in [0.15, 0.2) is 237 Å². The van der Waals surface area contributed by atoms with Crippen LogP contribution >= 0.6 is 0 Å². The van der Waals surface area contributed by atoms with E-state index in [0.717, 1.165) is 22.6 Å². The van der Waals surface area contributed by atoms with Crippen LogP contribution in [0.2, 0.25) is 0 Å². The number of hydrogen-bond donors (Lipinski definition) is 0. The molecular weight excluding hydrogens is 687 g/mol. The van der Waals surface area contributed by atoms with Crippen molar-refractivity contribution in [2.45, 2.75) is 0 Å². The molecule has 0 radical (unpaired) electrons. The SMILES string of the molecule is c1ccc(-c2ccc(-c3ccccc3N(c3cccc(-c4ccc5ccccc5c4)c3)c3cccc4ccccc34)c(-c3ccccc3-c3ccccc3)c2)cc1. The van der Waals surface area contributed by atoms with Crippen LogP contribution in [0.5, 0.6) is 0 Å². The van der Waals surface area contributed by atoms with Gasteiger partial charge in [-0.15, -0.1) is 0 Å². The third-order valence-electron chi connectivity index (χ3n) is 11.1. The van der Waals surface area contributed by atoms with Gasteiger partial charge < -0.3 is 4.90 Å². The van der Waals surface area contributed by atoms with Crippen molar-refractivity contribution >= 4 is 38.6 Å². The van der Waals surface area contributed by atoms with Gasteiger partial charge in [0.05, 0.1) is 11.4 Å². The molecule has 1 heteroatoms. The second kappa shape index (κ2) is 15.0. The normalized spacial score (nSPS) is 11.2. The van der Waals surface area contributed by atoms with E-state index in [9.17, 15) is 0 Å². The monoisotopic (exact) mass is 725 g/mol. The fourth-order valence-corrected chi connectivity index (χ4v) is 8.30. The van der Waals surface area contributed by atoms with Gasteiger partial charge in [0.2, 0.25) is 0 Å². The first-order chi connectivity index (χ1) is 28.3. The van der Waals surface area contributed by atoms with Crippen LogP contribution in [0.4, 0.5) is 17.1 Å². The minimum atomic E-state index is 1.09. The van der Waals surface area contributed by atoms with E-state index in [4.69, 9.17) is 0 Å². The molecule has 0 atom stereocenters. The molecule has 10 aromatic carbocycles. The van der Waals surface area contributed by atoms with Gasteiger partial charge in [0.1, 0.15) is 0 Å². The zero-order valence-electron chi connectivity index (χ0n) is 31.5. The van der Waals surface area contributed by atoms with Gasteiger partial charge in [-0.05, 0) is 103 Å². The van der Waals surface area contributed by atoms with Gasteiger partial charge >= 0.3 is 0 Å². The minimum absolute atomic E-state index is 1.09. The van der Waals surface area contributed by atoms with Gasteiger partial charge in [-0.3, -0.25) is 0 Å². The standard InChI is InChI=1S/C56H39N/c1-3-17-40(18-4-1)47-35-36-52(54(39-47)51-29-12-11-27-49(51)42-20-5-2-6-21-42)53-30-13-14-31-56(53)57(55-32-16-24-43-22-9-10-28-50(43)55)48-26-15-25-45(38-48)46-34-33-41-19-7-8-23-44(41)37-46/h1-39H. The third-order valence-corrected chi connectivity index (χ3v) is 11.1. The molecule has 0 amide bonds. The Kier molecular flexibility index (Phi) is 8.95. The summed E-state index contributed by atoms with van der Waals surface area (Å²) in [5.74, 6) is 0. The molecule has 0 saturated heterocycles. The van der Waals surface area contributed by atoms with Crippen molar-refractivity contribution in [3.8, 4) is 55.6 Å². The van der Waals surface area contributed by atoms with Crippen LogP contribution in [0, 0.1) is 0 Å². The lowest BCUT2D eigenvalue weighted by Crippen LogP contribution is -2.12. The predicted molar refractivity (Wildman–Crippen MR) is 243 cm³/mol. The van der Waals surface area contributed by atoms with Crippen LogP contribution in [0.3, 0.4) is 0 Å². The molecule has 0 unspecified atom stereocenters. The van der Waals surface area contributed by atoms with Crippen LogP contribution in [-0.4, -0.2) is 0 Å². The molecule has 0 aliphatic carbocycles. The smallest absolute Gasteiger partial charge is 0.0540 e. The van der Waals surface area contributed by atoms with Gasteiger partial charge in [0.15, 0.2) is 0 Å².